The summed E-state index contributed by atoms with van der Waals surface area (Å²) in [5.74, 6) is 0.972. The Morgan fingerprint density at radius 1 is 1.22 bits per heavy atom. The second-order valence-electron chi connectivity index (χ2n) is 7.44. The summed E-state index contributed by atoms with van der Waals surface area (Å²) in [5.41, 5.74) is 4.34. The Hall–Kier alpha value is -1.35. The average Bonchev–Trinajstić information content (AvgIpc) is 2.96. The van der Waals surface area contributed by atoms with Crippen molar-refractivity contribution in [3.8, 4) is 0 Å². The number of amides is 1. The molecule has 0 aliphatic heterocycles. The van der Waals surface area contributed by atoms with Gasteiger partial charge in [-0.1, -0.05) is 32.0 Å². The first-order chi connectivity index (χ1) is 11.0. The number of aryl methyl sites for hydroxylation is 2. The number of hydrogen-bond donors (Lipinski definition) is 1. The zero-order valence-corrected chi connectivity index (χ0v) is 15.2. The van der Waals surface area contributed by atoms with Gasteiger partial charge in [0.1, 0.15) is 0 Å². The van der Waals surface area contributed by atoms with Crippen molar-refractivity contribution in [2.75, 3.05) is 27.2 Å². The molecule has 1 N–H and O–H groups in total. The van der Waals surface area contributed by atoms with Crippen LogP contribution in [-0.4, -0.2) is 38.0 Å². The van der Waals surface area contributed by atoms with Crippen molar-refractivity contribution in [3.63, 3.8) is 0 Å². The second-order valence-corrected chi connectivity index (χ2v) is 7.44. The van der Waals surface area contributed by atoms with Gasteiger partial charge in [0.05, 0.1) is 0 Å². The lowest BCUT2D eigenvalue weighted by atomic mass is 9.84. The van der Waals surface area contributed by atoms with E-state index in [4.69, 9.17) is 0 Å². The Bertz CT molecular complexity index is 522. The van der Waals surface area contributed by atoms with Crippen LogP contribution in [0.1, 0.15) is 55.7 Å². The lowest BCUT2D eigenvalue weighted by Crippen LogP contribution is -2.29. The highest BCUT2D eigenvalue weighted by atomic mass is 16.1. The van der Waals surface area contributed by atoms with E-state index >= 15 is 0 Å². The highest BCUT2D eigenvalue weighted by Gasteiger charge is 2.21. The molecule has 1 aliphatic rings. The SMILES string of the molecule is CC(C)C(CC(=O)NCCCN(C)C)c1ccc2c(c1)CCC2. The smallest absolute Gasteiger partial charge is 0.220 e. The van der Waals surface area contributed by atoms with Gasteiger partial charge in [-0.15, -0.1) is 0 Å². The standard InChI is InChI=1S/C20H32N2O/c1-15(2)19(14-20(23)21-11-6-12-22(3)4)18-10-9-16-7-5-8-17(16)13-18/h9-10,13,15,19H,5-8,11-12,14H2,1-4H3,(H,21,23). The molecule has 1 aromatic rings. The van der Waals surface area contributed by atoms with Crippen molar-refractivity contribution in [1.29, 1.82) is 0 Å². The maximum Gasteiger partial charge on any atom is 0.220 e. The van der Waals surface area contributed by atoms with Gasteiger partial charge in [0.15, 0.2) is 0 Å². The largest absolute Gasteiger partial charge is 0.356 e. The van der Waals surface area contributed by atoms with Crippen molar-refractivity contribution in [3.05, 3.63) is 34.9 Å². The molecule has 1 amide bonds. The van der Waals surface area contributed by atoms with Gasteiger partial charge in [-0.25, -0.2) is 0 Å². The fourth-order valence-corrected chi connectivity index (χ4v) is 3.46. The maximum atomic E-state index is 12.3. The quantitative estimate of drug-likeness (QED) is 0.746. The Kier molecular flexibility index (Phi) is 6.64. The highest BCUT2D eigenvalue weighted by molar-refractivity contribution is 5.76. The van der Waals surface area contributed by atoms with Crippen LogP contribution in [0.2, 0.25) is 0 Å². The van der Waals surface area contributed by atoms with Crippen molar-refractivity contribution >= 4 is 5.91 Å². The number of nitrogens with zero attached hydrogens (tertiary/aromatic N) is 1. The summed E-state index contributed by atoms with van der Waals surface area (Å²) in [7, 11) is 4.12. The van der Waals surface area contributed by atoms with Gasteiger partial charge in [-0.2, -0.15) is 0 Å². The number of carbonyl (C=O) groups excluding carboxylic acids is 1. The number of nitrogens with one attached hydrogen (secondary N) is 1. The monoisotopic (exact) mass is 316 g/mol. The Morgan fingerprint density at radius 3 is 2.65 bits per heavy atom. The van der Waals surface area contributed by atoms with E-state index in [0.29, 0.717) is 18.3 Å². The van der Waals surface area contributed by atoms with Crippen LogP contribution in [0.15, 0.2) is 18.2 Å². The number of fused-ring (bicyclic) bond motifs is 1. The predicted molar refractivity (Wildman–Crippen MR) is 96.8 cm³/mol. The molecule has 1 aromatic carbocycles. The average molecular weight is 316 g/mol. The molecule has 0 fully saturated rings. The number of carbonyl (C=O) groups is 1. The molecule has 1 atom stereocenters. The van der Waals surface area contributed by atoms with Gasteiger partial charge in [0.2, 0.25) is 5.91 Å². The van der Waals surface area contributed by atoms with Gasteiger partial charge in [0, 0.05) is 13.0 Å². The van der Waals surface area contributed by atoms with Crippen molar-refractivity contribution in [2.45, 2.75) is 51.9 Å². The predicted octanol–water partition coefficient (Wildman–Crippen LogP) is 3.37. The molecule has 3 nitrogen and oxygen atoms in total. The van der Waals surface area contributed by atoms with Gasteiger partial charge >= 0.3 is 0 Å². The minimum absolute atomic E-state index is 0.183. The maximum absolute atomic E-state index is 12.3. The summed E-state index contributed by atoms with van der Waals surface area (Å²) in [6.45, 7) is 6.22. The number of rotatable bonds is 8. The lowest BCUT2D eigenvalue weighted by molar-refractivity contribution is -0.121. The summed E-state index contributed by atoms with van der Waals surface area (Å²) in [6, 6.07) is 6.88. The summed E-state index contributed by atoms with van der Waals surface area (Å²) < 4.78 is 0. The lowest BCUT2D eigenvalue weighted by Gasteiger charge is -2.22. The summed E-state index contributed by atoms with van der Waals surface area (Å²) in [6.07, 6.45) is 5.29. The number of hydrogen-bond acceptors (Lipinski definition) is 2. The zero-order valence-electron chi connectivity index (χ0n) is 15.2. The Labute approximate surface area is 141 Å². The van der Waals surface area contributed by atoms with E-state index in [9.17, 15) is 4.79 Å². The molecule has 1 unspecified atom stereocenters. The van der Waals surface area contributed by atoms with Crippen LogP contribution in [0.3, 0.4) is 0 Å². The Morgan fingerprint density at radius 2 is 1.96 bits per heavy atom. The van der Waals surface area contributed by atoms with Crippen molar-refractivity contribution < 1.29 is 4.79 Å². The molecule has 0 radical (unpaired) electrons. The first kappa shape index (κ1) is 18.0. The van der Waals surface area contributed by atoms with Gasteiger partial charge in [0.25, 0.3) is 0 Å². The third-order valence-corrected chi connectivity index (χ3v) is 4.87. The third kappa shape index (κ3) is 5.35. The molecule has 128 valence electrons. The van der Waals surface area contributed by atoms with Crippen molar-refractivity contribution in [2.24, 2.45) is 5.92 Å². The van der Waals surface area contributed by atoms with Gasteiger partial charge in [-0.05, 0) is 74.8 Å². The normalized spacial score (nSPS) is 15.0. The van der Waals surface area contributed by atoms with Crippen molar-refractivity contribution in [1.82, 2.24) is 10.2 Å². The van der Waals surface area contributed by atoms with E-state index in [1.165, 1.54) is 36.0 Å². The third-order valence-electron chi connectivity index (χ3n) is 4.87. The highest BCUT2D eigenvalue weighted by Crippen LogP contribution is 2.32. The van der Waals surface area contributed by atoms with Crippen LogP contribution in [0.5, 0.6) is 0 Å². The van der Waals surface area contributed by atoms with E-state index in [2.05, 4.69) is 56.4 Å². The molecule has 0 saturated carbocycles. The van der Waals surface area contributed by atoms with Crippen LogP contribution in [0.4, 0.5) is 0 Å². The minimum atomic E-state index is 0.183. The molecule has 1 aliphatic carbocycles. The molecule has 0 heterocycles. The molecule has 2 rings (SSSR count). The second kappa shape index (κ2) is 8.49. The zero-order chi connectivity index (χ0) is 16.8. The first-order valence-corrected chi connectivity index (χ1v) is 9.00. The summed E-state index contributed by atoms with van der Waals surface area (Å²) in [5, 5.41) is 3.08. The molecule has 23 heavy (non-hydrogen) atoms. The Balaban J connectivity index is 1.92. The fourth-order valence-electron chi connectivity index (χ4n) is 3.46. The van der Waals surface area contributed by atoms with Gasteiger partial charge < -0.3 is 10.2 Å². The van der Waals surface area contributed by atoms with Crippen LogP contribution >= 0.6 is 0 Å². The van der Waals surface area contributed by atoms with E-state index in [-0.39, 0.29) is 5.91 Å². The summed E-state index contributed by atoms with van der Waals surface area (Å²) >= 11 is 0. The van der Waals surface area contributed by atoms with E-state index in [1.807, 2.05) is 0 Å². The molecule has 0 saturated heterocycles. The van der Waals surface area contributed by atoms with Crippen LogP contribution < -0.4 is 5.32 Å². The minimum Gasteiger partial charge on any atom is -0.356 e. The first-order valence-electron chi connectivity index (χ1n) is 9.00. The van der Waals surface area contributed by atoms with E-state index < -0.39 is 0 Å². The number of benzene rings is 1. The van der Waals surface area contributed by atoms with Crippen LogP contribution in [-0.2, 0) is 17.6 Å². The fraction of sp³-hybridized carbons (Fsp3) is 0.650. The van der Waals surface area contributed by atoms with E-state index in [1.54, 1.807) is 0 Å². The van der Waals surface area contributed by atoms with Gasteiger partial charge in [-0.3, -0.25) is 4.79 Å². The summed E-state index contributed by atoms with van der Waals surface area (Å²) in [4.78, 5) is 14.4. The molecular formula is C20H32N2O. The van der Waals surface area contributed by atoms with Crippen LogP contribution in [0, 0.1) is 5.92 Å². The van der Waals surface area contributed by atoms with E-state index in [0.717, 1.165) is 19.5 Å². The molecular weight excluding hydrogens is 284 g/mol. The topological polar surface area (TPSA) is 32.3 Å². The molecule has 0 aromatic heterocycles. The van der Waals surface area contributed by atoms with Crippen LogP contribution in [0.25, 0.3) is 0 Å². The molecule has 0 bridgehead atoms. The molecule has 3 heteroatoms. The molecule has 0 spiro atoms.